The van der Waals surface area contributed by atoms with E-state index in [0.29, 0.717) is 5.96 Å². The molecule has 2 N–H and O–H groups in total. The highest BCUT2D eigenvalue weighted by atomic mass is 127. The minimum atomic E-state index is -3.78. The van der Waals surface area contributed by atoms with Crippen LogP contribution in [-0.2, 0) is 16.3 Å². The molecule has 10 heteroatoms. The normalized spacial score (nSPS) is 11.6. The third kappa shape index (κ3) is 6.97. The van der Waals surface area contributed by atoms with Crippen molar-refractivity contribution in [3.05, 3.63) is 65.5 Å². The van der Waals surface area contributed by atoms with Crippen molar-refractivity contribution in [3.63, 3.8) is 0 Å². The minimum absolute atomic E-state index is 0. The lowest BCUT2D eigenvalue weighted by Gasteiger charge is -2.12. The van der Waals surface area contributed by atoms with Crippen LogP contribution in [0.2, 0.25) is 0 Å². The average molecular weight is 527 g/mol. The van der Waals surface area contributed by atoms with E-state index in [-0.39, 0.29) is 59.7 Å². The van der Waals surface area contributed by atoms with E-state index < -0.39 is 27.3 Å². The van der Waals surface area contributed by atoms with Crippen molar-refractivity contribution >= 4 is 39.8 Å². The third-order valence-corrected chi connectivity index (χ3v) is 5.50. The van der Waals surface area contributed by atoms with Crippen LogP contribution < -0.4 is 10.6 Å². The summed E-state index contributed by atoms with van der Waals surface area (Å²) < 4.78 is 64.7. The van der Waals surface area contributed by atoms with Gasteiger partial charge in [0.05, 0.1) is 5.75 Å². The van der Waals surface area contributed by atoms with E-state index in [1.165, 1.54) is 25.2 Å². The molecule has 0 radical (unpaired) electrons. The maximum Gasteiger partial charge on any atom is 0.191 e. The zero-order valence-electron chi connectivity index (χ0n) is 15.1. The van der Waals surface area contributed by atoms with Gasteiger partial charge >= 0.3 is 0 Å². The number of guanidine groups is 1. The molecule has 28 heavy (non-hydrogen) atoms. The highest BCUT2D eigenvalue weighted by molar-refractivity contribution is 14.0. The van der Waals surface area contributed by atoms with Crippen LogP contribution in [0.1, 0.15) is 5.56 Å². The Kier molecular flexibility index (Phi) is 9.73. The summed E-state index contributed by atoms with van der Waals surface area (Å²) in [6, 6.07) is 8.40. The SMILES string of the molecule is CN=C(NCCc1cc(F)ccc1F)NCCS(=O)(=O)c1ccccc1F.I. The molecule has 0 aromatic heterocycles. The van der Waals surface area contributed by atoms with E-state index >= 15 is 0 Å². The van der Waals surface area contributed by atoms with Gasteiger partial charge in [-0.1, -0.05) is 12.1 Å². The van der Waals surface area contributed by atoms with Crippen molar-refractivity contribution in [3.8, 4) is 0 Å². The Morgan fingerprint density at radius 1 is 1.00 bits per heavy atom. The molecule has 0 aliphatic carbocycles. The smallest absolute Gasteiger partial charge is 0.191 e. The van der Waals surface area contributed by atoms with Crippen LogP contribution in [0.25, 0.3) is 0 Å². The van der Waals surface area contributed by atoms with Gasteiger partial charge in [-0.2, -0.15) is 0 Å². The first-order chi connectivity index (χ1) is 12.8. The molecular weight excluding hydrogens is 506 g/mol. The highest BCUT2D eigenvalue weighted by Crippen LogP contribution is 2.14. The van der Waals surface area contributed by atoms with Gasteiger partial charge in [0.15, 0.2) is 15.8 Å². The predicted octanol–water partition coefficient (Wildman–Crippen LogP) is 2.90. The van der Waals surface area contributed by atoms with Crippen molar-refractivity contribution in [2.75, 3.05) is 25.9 Å². The lowest BCUT2D eigenvalue weighted by atomic mass is 10.1. The quantitative estimate of drug-likeness (QED) is 0.330. The third-order valence-electron chi connectivity index (χ3n) is 3.75. The molecule has 2 rings (SSSR count). The first-order valence-corrected chi connectivity index (χ1v) is 9.84. The van der Waals surface area contributed by atoms with Crippen molar-refractivity contribution in [2.24, 2.45) is 4.99 Å². The molecule has 0 aliphatic heterocycles. The number of benzene rings is 2. The van der Waals surface area contributed by atoms with Gasteiger partial charge in [0.25, 0.3) is 0 Å². The highest BCUT2D eigenvalue weighted by Gasteiger charge is 2.18. The van der Waals surface area contributed by atoms with Gasteiger partial charge in [0.1, 0.15) is 22.3 Å². The second-order valence-electron chi connectivity index (χ2n) is 5.66. The molecule has 0 bridgehead atoms. The van der Waals surface area contributed by atoms with Gasteiger partial charge in [0, 0.05) is 20.1 Å². The number of nitrogens with zero attached hydrogens (tertiary/aromatic N) is 1. The maximum absolute atomic E-state index is 13.6. The van der Waals surface area contributed by atoms with Crippen LogP contribution in [0.15, 0.2) is 52.4 Å². The van der Waals surface area contributed by atoms with Crippen molar-refractivity contribution in [1.29, 1.82) is 0 Å². The number of sulfone groups is 1. The summed E-state index contributed by atoms with van der Waals surface area (Å²) in [6.45, 7) is 0.269. The number of hydrogen-bond acceptors (Lipinski definition) is 3. The first kappa shape index (κ1) is 24.2. The number of hydrogen-bond donors (Lipinski definition) is 2. The number of rotatable bonds is 7. The lowest BCUT2D eigenvalue weighted by molar-refractivity contribution is 0.566. The van der Waals surface area contributed by atoms with Crippen molar-refractivity contribution < 1.29 is 21.6 Å². The predicted molar refractivity (Wildman–Crippen MR) is 113 cm³/mol. The second-order valence-corrected chi connectivity index (χ2v) is 7.74. The molecule has 0 aliphatic rings. The lowest BCUT2D eigenvalue weighted by Crippen LogP contribution is -2.40. The summed E-state index contributed by atoms with van der Waals surface area (Å²) in [5.74, 6) is -1.84. The van der Waals surface area contributed by atoms with Crippen molar-refractivity contribution in [1.82, 2.24) is 10.6 Å². The molecule has 0 saturated heterocycles. The molecule has 0 amide bonds. The number of aliphatic imine (C=N–C) groups is 1. The molecule has 0 spiro atoms. The van der Waals surface area contributed by atoms with Crippen LogP contribution in [0.4, 0.5) is 13.2 Å². The van der Waals surface area contributed by atoms with Crippen LogP contribution in [0.3, 0.4) is 0 Å². The van der Waals surface area contributed by atoms with Crippen LogP contribution in [0.5, 0.6) is 0 Å². The molecule has 0 saturated carbocycles. The summed E-state index contributed by atoms with van der Waals surface area (Å²) in [6.07, 6.45) is 0.220. The van der Waals surface area contributed by atoms with E-state index in [0.717, 1.165) is 24.3 Å². The zero-order chi connectivity index (χ0) is 19.9. The number of nitrogens with one attached hydrogen (secondary N) is 2. The Labute approximate surface area is 179 Å². The molecule has 0 unspecified atom stereocenters. The van der Waals surface area contributed by atoms with E-state index in [1.807, 2.05) is 0 Å². The van der Waals surface area contributed by atoms with Crippen molar-refractivity contribution in [2.45, 2.75) is 11.3 Å². The fourth-order valence-corrected chi connectivity index (χ4v) is 3.62. The summed E-state index contributed by atoms with van der Waals surface area (Å²) in [4.78, 5) is 3.58. The first-order valence-electron chi connectivity index (χ1n) is 8.19. The van der Waals surface area contributed by atoms with Gasteiger partial charge in [-0.25, -0.2) is 21.6 Å². The van der Waals surface area contributed by atoms with E-state index in [4.69, 9.17) is 0 Å². The molecule has 2 aromatic carbocycles. The molecular formula is C18H21F3IN3O2S. The fraction of sp³-hybridized carbons (Fsp3) is 0.278. The van der Waals surface area contributed by atoms with E-state index in [2.05, 4.69) is 15.6 Å². The Hall–Kier alpha value is -1.82. The van der Waals surface area contributed by atoms with E-state index in [1.54, 1.807) is 0 Å². The monoisotopic (exact) mass is 527 g/mol. The summed E-state index contributed by atoms with van der Waals surface area (Å²) >= 11 is 0. The molecule has 2 aromatic rings. The van der Waals surface area contributed by atoms with Gasteiger partial charge in [-0.05, 0) is 42.3 Å². The van der Waals surface area contributed by atoms with E-state index in [9.17, 15) is 21.6 Å². The van der Waals surface area contributed by atoms with Crippen LogP contribution >= 0.6 is 24.0 Å². The summed E-state index contributed by atoms with van der Waals surface area (Å²) in [5, 5.41) is 5.68. The summed E-state index contributed by atoms with van der Waals surface area (Å²) in [5.41, 5.74) is 0.222. The number of halogens is 4. The minimum Gasteiger partial charge on any atom is -0.356 e. The topological polar surface area (TPSA) is 70.6 Å². The summed E-state index contributed by atoms with van der Waals surface area (Å²) in [7, 11) is -2.29. The zero-order valence-corrected chi connectivity index (χ0v) is 18.2. The standard InChI is InChI=1S/C18H20F3N3O2S.HI/c1-22-18(23-9-8-13-12-14(19)6-7-15(13)20)24-10-11-27(25,26)17-5-3-2-4-16(17)21;/h2-7,12H,8-11H2,1H3,(H2,22,23,24);1H. The molecule has 0 fully saturated rings. The van der Waals surface area contributed by atoms with Crippen LogP contribution in [0, 0.1) is 17.5 Å². The van der Waals surface area contributed by atoms with Gasteiger partial charge in [-0.15, -0.1) is 24.0 Å². The molecule has 154 valence electrons. The Balaban J connectivity index is 0.00000392. The molecule has 5 nitrogen and oxygen atoms in total. The van der Waals surface area contributed by atoms with Gasteiger partial charge < -0.3 is 10.6 Å². The molecule has 0 heterocycles. The van der Waals surface area contributed by atoms with Gasteiger partial charge in [-0.3, -0.25) is 4.99 Å². The molecule has 0 atom stereocenters. The second kappa shape index (κ2) is 11.2. The van der Waals surface area contributed by atoms with Crippen LogP contribution in [-0.4, -0.2) is 40.3 Å². The largest absolute Gasteiger partial charge is 0.356 e. The average Bonchev–Trinajstić information content (AvgIpc) is 2.63. The maximum atomic E-state index is 13.6. The van der Waals surface area contributed by atoms with Gasteiger partial charge in [0.2, 0.25) is 0 Å². The Morgan fingerprint density at radius 3 is 2.36 bits per heavy atom. The Morgan fingerprint density at radius 2 is 1.68 bits per heavy atom. The Bertz CT molecular complexity index is 924. The fourth-order valence-electron chi connectivity index (χ4n) is 2.38.